The molecule has 1 aliphatic heterocycles. The van der Waals surface area contributed by atoms with Gasteiger partial charge in [0.05, 0.1) is 19.3 Å². The normalized spacial score (nSPS) is 16.7. The highest BCUT2D eigenvalue weighted by molar-refractivity contribution is 5.95. The van der Waals surface area contributed by atoms with E-state index >= 15 is 0 Å². The third-order valence-electron chi connectivity index (χ3n) is 7.51. The molecule has 0 aromatic heterocycles. The van der Waals surface area contributed by atoms with Crippen molar-refractivity contribution >= 4 is 28.7 Å². The van der Waals surface area contributed by atoms with Crippen molar-refractivity contribution < 1.29 is 24.2 Å². The van der Waals surface area contributed by atoms with E-state index in [0.717, 1.165) is 22.1 Å². The second-order valence-corrected chi connectivity index (χ2v) is 10.3. The molecule has 1 saturated heterocycles. The van der Waals surface area contributed by atoms with Crippen molar-refractivity contribution in [2.75, 3.05) is 13.1 Å². The Bertz CT molecular complexity index is 1510. The van der Waals surface area contributed by atoms with Crippen LogP contribution in [0, 0.1) is 0 Å². The molecule has 0 spiro atoms. The highest BCUT2D eigenvalue weighted by Crippen LogP contribution is 2.32. The van der Waals surface area contributed by atoms with E-state index in [4.69, 9.17) is 4.74 Å². The average molecular weight is 552 g/mol. The number of hydrogen-bond acceptors (Lipinski definition) is 4. The number of likely N-dealkylation sites (tertiary alicyclic amines) is 1. The fraction of sp³-hybridized carbons (Fsp3) is 0.242. The van der Waals surface area contributed by atoms with Crippen LogP contribution in [0.3, 0.4) is 0 Å². The summed E-state index contributed by atoms with van der Waals surface area (Å²) in [4.78, 5) is 37.5. The number of carbonyl (C=O) groups is 3. The Labute approximate surface area is 238 Å². The Morgan fingerprint density at radius 1 is 0.829 bits per heavy atom. The van der Waals surface area contributed by atoms with E-state index in [1.54, 1.807) is 24.3 Å². The molecular weight excluding hydrogens is 518 g/mol. The second kappa shape index (κ2) is 13.1. The highest BCUT2D eigenvalue weighted by atomic mass is 16.5. The van der Waals surface area contributed by atoms with Gasteiger partial charge in [0.2, 0.25) is 5.91 Å². The van der Waals surface area contributed by atoms with Gasteiger partial charge in [-0.15, -0.1) is 0 Å². The molecule has 8 heteroatoms. The van der Waals surface area contributed by atoms with Crippen LogP contribution in [0.4, 0.5) is 4.79 Å². The molecule has 41 heavy (non-hydrogen) atoms. The number of amides is 3. The molecule has 4 aromatic rings. The summed E-state index contributed by atoms with van der Waals surface area (Å²) >= 11 is 0. The van der Waals surface area contributed by atoms with Gasteiger partial charge in [-0.3, -0.25) is 20.4 Å². The molecule has 2 atom stereocenters. The second-order valence-electron chi connectivity index (χ2n) is 10.3. The van der Waals surface area contributed by atoms with Crippen LogP contribution in [0.2, 0.25) is 0 Å². The molecule has 3 amide bonds. The summed E-state index contributed by atoms with van der Waals surface area (Å²) in [5, 5.41) is 11.9. The van der Waals surface area contributed by atoms with Gasteiger partial charge in [-0.2, -0.15) is 0 Å². The van der Waals surface area contributed by atoms with Gasteiger partial charge in [-0.05, 0) is 58.5 Å². The van der Waals surface area contributed by atoms with Crippen LogP contribution in [-0.4, -0.2) is 47.1 Å². The topological polar surface area (TPSA) is 108 Å². The lowest BCUT2D eigenvalue weighted by atomic mass is 9.86. The predicted molar refractivity (Wildman–Crippen MR) is 156 cm³/mol. The number of aryl methyl sites for hydroxylation is 1. The molecule has 210 valence electrons. The van der Waals surface area contributed by atoms with Crippen LogP contribution >= 0.6 is 0 Å². The summed E-state index contributed by atoms with van der Waals surface area (Å²) in [5.41, 5.74) is 8.50. The summed E-state index contributed by atoms with van der Waals surface area (Å²) < 4.78 is 6.36. The number of fused-ring (bicyclic) bond motifs is 1. The van der Waals surface area contributed by atoms with Crippen molar-refractivity contribution in [2.45, 2.75) is 37.9 Å². The minimum Gasteiger partial charge on any atom is -0.465 e. The quantitative estimate of drug-likeness (QED) is 0.258. The van der Waals surface area contributed by atoms with Crippen molar-refractivity contribution in [3.8, 4) is 0 Å². The van der Waals surface area contributed by atoms with Gasteiger partial charge in [-0.25, -0.2) is 4.79 Å². The smallest absolute Gasteiger partial charge is 0.407 e. The minimum absolute atomic E-state index is 0.0524. The number of nitrogens with zero attached hydrogens (tertiary/aromatic N) is 1. The number of piperidine rings is 1. The number of nitrogens with one attached hydrogen (secondary N) is 2. The van der Waals surface area contributed by atoms with Crippen molar-refractivity contribution in [1.29, 1.82) is 0 Å². The molecule has 4 aromatic carbocycles. The summed E-state index contributed by atoms with van der Waals surface area (Å²) in [6, 6.07) is 31.2. The first-order chi connectivity index (χ1) is 20.0. The number of ether oxygens (including phenoxy) is 1. The lowest BCUT2D eigenvalue weighted by Gasteiger charge is -2.37. The number of hydrogen-bond donors (Lipinski definition) is 3. The van der Waals surface area contributed by atoms with E-state index in [9.17, 15) is 19.5 Å². The van der Waals surface area contributed by atoms with E-state index in [0.29, 0.717) is 38.1 Å². The molecule has 5 rings (SSSR count). The van der Waals surface area contributed by atoms with E-state index < -0.39 is 6.09 Å². The van der Waals surface area contributed by atoms with Crippen molar-refractivity contribution in [3.63, 3.8) is 0 Å². The number of hydrazine groups is 1. The molecule has 2 unspecified atom stereocenters. The van der Waals surface area contributed by atoms with E-state index in [1.165, 1.54) is 10.3 Å². The summed E-state index contributed by atoms with van der Waals surface area (Å²) in [6.07, 6.45) is 0.195. The van der Waals surface area contributed by atoms with Crippen LogP contribution in [0.5, 0.6) is 0 Å². The van der Waals surface area contributed by atoms with Crippen molar-refractivity contribution in [3.05, 3.63) is 119 Å². The maximum absolute atomic E-state index is 12.3. The first-order valence-electron chi connectivity index (χ1n) is 13.8. The molecule has 0 radical (unpaired) electrons. The molecule has 1 heterocycles. The predicted octanol–water partition coefficient (Wildman–Crippen LogP) is 5.29. The number of carboxylic acid groups (broad SMARTS) is 1. The van der Waals surface area contributed by atoms with Crippen LogP contribution in [0.1, 0.15) is 45.8 Å². The fourth-order valence-electron chi connectivity index (χ4n) is 5.21. The number of benzene rings is 4. The van der Waals surface area contributed by atoms with Crippen LogP contribution < -0.4 is 10.9 Å². The first kappa shape index (κ1) is 27.9. The van der Waals surface area contributed by atoms with Crippen LogP contribution in [0.15, 0.2) is 97.1 Å². The average Bonchev–Trinajstić information content (AvgIpc) is 3.02. The number of rotatable bonds is 8. The van der Waals surface area contributed by atoms with Crippen LogP contribution in [0.25, 0.3) is 10.8 Å². The molecule has 0 aliphatic carbocycles. The zero-order valence-corrected chi connectivity index (χ0v) is 22.7. The van der Waals surface area contributed by atoms with Gasteiger partial charge in [0.25, 0.3) is 5.91 Å². The zero-order valence-electron chi connectivity index (χ0n) is 22.7. The molecule has 0 bridgehead atoms. The van der Waals surface area contributed by atoms with Gasteiger partial charge in [-0.1, -0.05) is 78.9 Å². The van der Waals surface area contributed by atoms with Gasteiger partial charge >= 0.3 is 6.09 Å². The van der Waals surface area contributed by atoms with E-state index in [1.807, 2.05) is 48.5 Å². The van der Waals surface area contributed by atoms with Crippen molar-refractivity contribution in [1.82, 2.24) is 15.8 Å². The van der Waals surface area contributed by atoms with Gasteiger partial charge in [0.1, 0.15) is 0 Å². The first-order valence-corrected chi connectivity index (χ1v) is 13.8. The number of carbonyl (C=O) groups excluding carboxylic acids is 2. The monoisotopic (exact) mass is 551 g/mol. The van der Waals surface area contributed by atoms with Gasteiger partial charge < -0.3 is 14.7 Å². The molecule has 0 saturated carbocycles. The lowest BCUT2D eigenvalue weighted by Crippen LogP contribution is -2.46. The van der Waals surface area contributed by atoms with Gasteiger partial charge in [0, 0.05) is 24.4 Å². The Morgan fingerprint density at radius 3 is 2.29 bits per heavy atom. The third kappa shape index (κ3) is 7.29. The Balaban J connectivity index is 1.17. The lowest BCUT2D eigenvalue weighted by molar-refractivity contribution is -0.121. The maximum atomic E-state index is 12.3. The Hall–Kier alpha value is -4.69. The molecule has 1 fully saturated rings. The SMILES string of the molecule is O=C(CCc1ccc(C2CCN(C(=O)O)CC2OCc2ccc3ccccc3c2)cc1)NNC(=O)c1ccccc1. The van der Waals surface area contributed by atoms with E-state index in [2.05, 4.69) is 35.1 Å². The van der Waals surface area contributed by atoms with E-state index in [-0.39, 0.29) is 30.3 Å². The minimum atomic E-state index is -0.934. The molecule has 3 N–H and O–H groups in total. The summed E-state index contributed by atoms with van der Waals surface area (Å²) in [6.45, 7) is 1.16. The van der Waals surface area contributed by atoms with Gasteiger partial charge in [0.15, 0.2) is 0 Å². The largest absolute Gasteiger partial charge is 0.465 e. The molecule has 1 aliphatic rings. The van der Waals surface area contributed by atoms with Crippen molar-refractivity contribution in [2.24, 2.45) is 0 Å². The Kier molecular flexibility index (Phi) is 8.91. The maximum Gasteiger partial charge on any atom is 0.407 e. The Morgan fingerprint density at radius 2 is 1.54 bits per heavy atom. The molecule has 8 nitrogen and oxygen atoms in total. The fourth-order valence-corrected chi connectivity index (χ4v) is 5.21. The standard InChI is InChI=1S/C33H33N3O5/c37-31(34-35-32(38)27-7-2-1-3-8-27)17-13-23-10-15-26(16-11-23)29-18-19-36(33(39)40)21-30(29)41-22-24-12-14-25-6-4-5-9-28(25)20-24/h1-12,14-16,20,29-30H,13,17-19,21-22H2,(H,34,37)(H,35,38)(H,39,40). The third-order valence-corrected chi connectivity index (χ3v) is 7.51. The summed E-state index contributed by atoms with van der Waals surface area (Å²) in [7, 11) is 0. The molecular formula is C33H33N3O5. The highest BCUT2D eigenvalue weighted by Gasteiger charge is 2.33. The summed E-state index contributed by atoms with van der Waals surface area (Å²) in [5.74, 6) is -0.590. The zero-order chi connectivity index (χ0) is 28.6. The van der Waals surface area contributed by atoms with Crippen LogP contribution in [-0.2, 0) is 22.6 Å².